The molecule has 6 nitrogen and oxygen atoms in total. The van der Waals surface area contributed by atoms with E-state index in [9.17, 15) is 0 Å². The molecule has 2 aromatic carbocycles. The third-order valence-corrected chi connectivity index (χ3v) is 5.14. The highest BCUT2D eigenvalue weighted by Gasteiger charge is 2.15. The van der Waals surface area contributed by atoms with Gasteiger partial charge in [-0.1, -0.05) is 24.3 Å². The van der Waals surface area contributed by atoms with Crippen LogP contribution in [0.4, 0.5) is 5.69 Å². The molecule has 0 bridgehead atoms. The van der Waals surface area contributed by atoms with E-state index in [4.69, 9.17) is 15.2 Å². The number of nitrogens with one attached hydrogen (secondary N) is 1. The predicted molar refractivity (Wildman–Crippen MR) is 128 cm³/mol. The van der Waals surface area contributed by atoms with Crippen molar-refractivity contribution < 1.29 is 9.47 Å². The van der Waals surface area contributed by atoms with E-state index in [0.717, 1.165) is 56.1 Å². The minimum Gasteiger partial charge on any atom is -0.490 e. The Labute approximate surface area is 189 Å². The van der Waals surface area contributed by atoms with Crippen LogP contribution in [0.15, 0.2) is 47.5 Å². The van der Waals surface area contributed by atoms with Gasteiger partial charge in [-0.05, 0) is 36.1 Å². The second kappa shape index (κ2) is 10.7. The summed E-state index contributed by atoms with van der Waals surface area (Å²) in [4.78, 5) is 6.95. The molecule has 2 aromatic rings. The molecular formula is C22H29IN4O2. The molecule has 2 aliphatic rings. The van der Waals surface area contributed by atoms with Crippen LogP contribution in [0, 0.1) is 0 Å². The van der Waals surface area contributed by atoms with Crippen molar-refractivity contribution in [3.63, 3.8) is 0 Å². The molecule has 0 aliphatic carbocycles. The number of benzene rings is 2. The molecule has 0 unspecified atom stereocenters. The van der Waals surface area contributed by atoms with E-state index >= 15 is 0 Å². The Kier molecular flexibility index (Phi) is 8.00. The van der Waals surface area contributed by atoms with Crippen LogP contribution in [0.2, 0.25) is 0 Å². The van der Waals surface area contributed by atoms with Gasteiger partial charge in [-0.25, -0.2) is 0 Å². The van der Waals surface area contributed by atoms with E-state index in [2.05, 4.69) is 39.5 Å². The van der Waals surface area contributed by atoms with Gasteiger partial charge in [0.2, 0.25) is 0 Å². The van der Waals surface area contributed by atoms with Crippen LogP contribution in [-0.2, 0) is 13.0 Å². The number of guanidine groups is 1. The Morgan fingerprint density at radius 1 is 1.07 bits per heavy atom. The Hall–Kier alpha value is -2.00. The van der Waals surface area contributed by atoms with Crippen molar-refractivity contribution in [2.24, 2.45) is 10.7 Å². The minimum atomic E-state index is 0. The normalized spacial score (nSPS) is 16.3. The van der Waals surface area contributed by atoms with Gasteiger partial charge in [0.1, 0.15) is 0 Å². The maximum Gasteiger partial charge on any atom is 0.193 e. The fraction of sp³-hybridized carbons (Fsp3) is 0.409. The summed E-state index contributed by atoms with van der Waals surface area (Å²) < 4.78 is 11.4. The summed E-state index contributed by atoms with van der Waals surface area (Å²) in [5.41, 5.74) is 9.85. The molecule has 0 fully saturated rings. The summed E-state index contributed by atoms with van der Waals surface area (Å²) in [5.74, 6) is 1.96. The maximum atomic E-state index is 6.05. The molecule has 0 radical (unpaired) electrons. The first-order chi connectivity index (χ1) is 13.8. The SMILES string of the molecule is I.NC(=NCCCN1CCc2ccccc2C1)Nc1ccc2c(c1)OCCCO2. The van der Waals surface area contributed by atoms with Gasteiger partial charge in [0.15, 0.2) is 17.5 Å². The van der Waals surface area contributed by atoms with E-state index in [1.165, 1.54) is 11.1 Å². The Morgan fingerprint density at radius 3 is 2.72 bits per heavy atom. The second-order valence-electron chi connectivity index (χ2n) is 7.25. The summed E-state index contributed by atoms with van der Waals surface area (Å²) in [6.07, 6.45) is 3.02. The van der Waals surface area contributed by atoms with Crippen LogP contribution in [-0.4, -0.2) is 43.7 Å². The molecule has 0 aromatic heterocycles. The van der Waals surface area contributed by atoms with Gasteiger partial charge in [0.05, 0.1) is 13.2 Å². The van der Waals surface area contributed by atoms with Crippen molar-refractivity contribution in [3.8, 4) is 11.5 Å². The Morgan fingerprint density at radius 2 is 1.86 bits per heavy atom. The number of rotatable bonds is 5. The maximum absolute atomic E-state index is 6.05. The summed E-state index contributed by atoms with van der Waals surface area (Å²) in [6, 6.07) is 14.5. The number of nitrogens with zero attached hydrogens (tertiary/aromatic N) is 2. The van der Waals surface area contributed by atoms with Crippen molar-refractivity contribution in [1.82, 2.24) is 4.90 Å². The zero-order valence-electron chi connectivity index (χ0n) is 16.6. The highest BCUT2D eigenvalue weighted by atomic mass is 127. The number of aliphatic imine (C=N–C) groups is 1. The molecular weight excluding hydrogens is 479 g/mol. The number of ether oxygens (including phenoxy) is 2. The molecule has 2 aliphatic heterocycles. The first-order valence-electron chi connectivity index (χ1n) is 10.0. The average Bonchev–Trinajstić information content (AvgIpc) is 2.96. The van der Waals surface area contributed by atoms with Gasteiger partial charge in [-0.2, -0.15) is 0 Å². The number of fused-ring (bicyclic) bond motifs is 2. The van der Waals surface area contributed by atoms with E-state index < -0.39 is 0 Å². The molecule has 0 saturated carbocycles. The summed E-state index contributed by atoms with van der Waals surface area (Å²) in [6.45, 7) is 5.25. The first-order valence-corrected chi connectivity index (χ1v) is 10.0. The van der Waals surface area contributed by atoms with Crippen molar-refractivity contribution in [3.05, 3.63) is 53.6 Å². The van der Waals surface area contributed by atoms with Gasteiger partial charge in [0, 0.05) is 44.4 Å². The molecule has 0 saturated heterocycles. The summed E-state index contributed by atoms with van der Waals surface area (Å²) in [7, 11) is 0. The number of hydrogen-bond acceptors (Lipinski definition) is 4. The average molecular weight is 508 g/mol. The highest BCUT2D eigenvalue weighted by molar-refractivity contribution is 14.0. The van der Waals surface area contributed by atoms with Crippen LogP contribution in [0.5, 0.6) is 11.5 Å². The Bertz CT molecular complexity index is 843. The largest absolute Gasteiger partial charge is 0.490 e. The van der Waals surface area contributed by atoms with Gasteiger partial charge >= 0.3 is 0 Å². The van der Waals surface area contributed by atoms with Crippen LogP contribution in [0.1, 0.15) is 24.0 Å². The van der Waals surface area contributed by atoms with Crippen LogP contribution >= 0.6 is 24.0 Å². The zero-order chi connectivity index (χ0) is 19.2. The topological polar surface area (TPSA) is 72.1 Å². The van der Waals surface area contributed by atoms with Crippen molar-refractivity contribution in [1.29, 1.82) is 0 Å². The minimum absolute atomic E-state index is 0. The second-order valence-corrected chi connectivity index (χ2v) is 7.25. The molecule has 156 valence electrons. The summed E-state index contributed by atoms with van der Waals surface area (Å²) >= 11 is 0. The third kappa shape index (κ3) is 5.99. The number of hydrogen-bond donors (Lipinski definition) is 2. The number of nitrogens with two attached hydrogens (primary N) is 1. The number of anilines is 1. The van der Waals surface area contributed by atoms with E-state index in [-0.39, 0.29) is 24.0 Å². The Balaban J connectivity index is 0.00000240. The fourth-order valence-electron chi connectivity index (χ4n) is 3.67. The lowest BCUT2D eigenvalue weighted by Gasteiger charge is -2.28. The van der Waals surface area contributed by atoms with Crippen LogP contribution in [0.25, 0.3) is 0 Å². The molecule has 0 atom stereocenters. The van der Waals surface area contributed by atoms with Crippen LogP contribution in [0.3, 0.4) is 0 Å². The van der Waals surface area contributed by atoms with E-state index in [0.29, 0.717) is 25.7 Å². The van der Waals surface area contributed by atoms with Gasteiger partial charge in [0.25, 0.3) is 0 Å². The van der Waals surface area contributed by atoms with Gasteiger partial charge in [-0.3, -0.25) is 9.89 Å². The smallest absolute Gasteiger partial charge is 0.193 e. The fourth-order valence-corrected chi connectivity index (χ4v) is 3.67. The molecule has 29 heavy (non-hydrogen) atoms. The van der Waals surface area contributed by atoms with Crippen molar-refractivity contribution in [2.75, 3.05) is 38.2 Å². The standard InChI is InChI=1S/C22H28N4O2.HI/c23-22(25-19-7-8-20-21(15-19)28-14-4-13-27-20)24-10-3-11-26-12-9-17-5-1-2-6-18(17)16-26;/h1-2,5-8,15H,3-4,9-14,16H2,(H3,23,24,25);1H. The lowest BCUT2D eigenvalue weighted by Crippen LogP contribution is -2.31. The zero-order valence-corrected chi connectivity index (χ0v) is 18.9. The van der Waals surface area contributed by atoms with E-state index in [1.807, 2.05) is 18.2 Å². The molecule has 0 spiro atoms. The van der Waals surface area contributed by atoms with Crippen LogP contribution < -0.4 is 20.5 Å². The van der Waals surface area contributed by atoms with E-state index in [1.54, 1.807) is 0 Å². The van der Waals surface area contributed by atoms with Gasteiger partial charge < -0.3 is 20.5 Å². The van der Waals surface area contributed by atoms with Crippen molar-refractivity contribution in [2.45, 2.75) is 25.8 Å². The molecule has 4 rings (SSSR count). The quantitative estimate of drug-likeness (QED) is 0.279. The summed E-state index contributed by atoms with van der Waals surface area (Å²) in [5, 5.41) is 3.14. The lowest BCUT2D eigenvalue weighted by atomic mass is 10.00. The third-order valence-electron chi connectivity index (χ3n) is 5.14. The van der Waals surface area contributed by atoms with Crippen molar-refractivity contribution >= 4 is 35.6 Å². The molecule has 0 amide bonds. The molecule has 2 heterocycles. The first kappa shape index (κ1) is 21.7. The number of halogens is 1. The molecule has 3 N–H and O–H groups in total. The monoisotopic (exact) mass is 508 g/mol. The lowest BCUT2D eigenvalue weighted by molar-refractivity contribution is 0.253. The van der Waals surface area contributed by atoms with Gasteiger partial charge in [-0.15, -0.1) is 24.0 Å². The molecule has 7 heteroatoms. The predicted octanol–water partition coefficient (Wildman–Crippen LogP) is 3.64. The highest BCUT2D eigenvalue weighted by Crippen LogP contribution is 2.32.